The van der Waals surface area contributed by atoms with Crippen LogP contribution >= 0.6 is 15.9 Å². The third-order valence-electron chi connectivity index (χ3n) is 6.91. The van der Waals surface area contributed by atoms with E-state index in [0.29, 0.717) is 12.0 Å². The van der Waals surface area contributed by atoms with Gasteiger partial charge in [0.25, 0.3) is 0 Å². The first-order valence-corrected chi connectivity index (χ1v) is 11.4. The minimum atomic E-state index is -1.73. The van der Waals surface area contributed by atoms with E-state index >= 15 is 0 Å². The van der Waals surface area contributed by atoms with Crippen LogP contribution < -0.4 is 0 Å². The molecule has 1 amide bonds. The number of hydrogen-bond acceptors (Lipinski definition) is 3. The first kappa shape index (κ1) is 24.1. The summed E-state index contributed by atoms with van der Waals surface area (Å²) in [6.45, 7) is 6.97. The summed E-state index contributed by atoms with van der Waals surface area (Å²) in [5, 5.41) is 20.6. The Bertz CT molecular complexity index is 1040. The molecule has 2 aromatic rings. The van der Waals surface area contributed by atoms with Gasteiger partial charge < -0.3 is 10.2 Å². The van der Waals surface area contributed by atoms with Gasteiger partial charge in [-0.3, -0.25) is 4.79 Å². The number of ketones is 1. The van der Waals surface area contributed by atoms with Crippen LogP contribution in [0.3, 0.4) is 0 Å². The van der Waals surface area contributed by atoms with Crippen molar-refractivity contribution in [3.8, 4) is 11.1 Å². The van der Waals surface area contributed by atoms with Crippen LogP contribution in [0, 0.1) is 0 Å². The predicted octanol–water partition coefficient (Wildman–Crippen LogP) is 5.99. The average molecular weight is 503 g/mol. The number of halogens is 1. The lowest BCUT2D eigenvalue weighted by Crippen LogP contribution is -2.76. The lowest BCUT2D eigenvalue weighted by Gasteiger charge is -2.52. The number of benzene rings is 2. The smallest absolute Gasteiger partial charge is 0.477 e. The third kappa shape index (κ3) is 3.67. The summed E-state index contributed by atoms with van der Waals surface area (Å²) in [7, 11) is 0. The number of amides is 1. The van der Waals surface area contributed by atoms with Crippen LogP contribution in [0.15, 0.2) is 53.0 Å². The first-order chi connectivity index (χ1) is 14.9. The second-order valence-corrected chi connectivity index (χ2v) is 10.5. The Morgan fingerprint density at radius 2 is 1.50 bits per heavy atom. The highest BCUT2D eigenvalue weighted by molar-refractivity contribution is 9.10. The van der Waals surface area contributed by atoms with Crippen LogP contribution in [0.1, 0.15) is 57.3 Å². The zero-order valence-electron chi connectivity index (χ0n) is 18.8. The number of likely N-dealkylation sites (tertiary alicyclic amines) is 1. The molecule has 1 heterocycles. The summed E-state index contributed by atoms with van der Waals surface area (Å²) >= 11 is 3.41. The lowest BCUT2D eigenvalue weighted by molar-refractivity contribution is -0.949. The number of nitrogens with zero attached hydrogens (tertiary/aromatic N) is 1. The fraction of sp³-hybridized carbons (Fsp3) is 0.400. The van der Waals surface area contributed by atoms with E-state index in [9.17, 15) is 24.6 Å². The summed E-state index contributed by atoms with van der Waals surface area (Å²) in [5.41, 5.74) is -0.338. The van der Waals surface area contributed by atoms with Gasteiger partial charge in [0, 0.05) is 22.9 Å². The fourth-order valence-corrected chi connectivity index (χ4v) is 5.87. The summed E-state index contributed by atoms with van der Waals surface area (Å²) in [6.07, 6.45) is -1.02. The summed E-state index contributed by atoms with van der Waals surface area (Å²) in [5.74, 6) is -1.60. The molecule has 6 nitrogen and oxygen atoms in total. The number of rotatable bonds is 5. The van der Waals surface area contributed by atoms with Crippen LogP contribution in [0.5, 0.6) is 0 Å². The minimum absolute atomic E-state index is 0.135. The van der Waals surface area contributed by atoms with Crippen molar-refractivity contribution in [2.24, 2.45) is 0 Å². The number of hydrogen-bond donors (Lipinski definition) is 2. The van der Waals surface area contributed by atoms with E-state index in [2.05, 4.69) is 15.9 Å². The van der Waals surface area contributed by atoms with Crippen molar-refractivity contribution >= 4 is 33.8 Å². The summed E-state index contributed by atoms with van der Waals surface area (Å²) in [6, 6.07) is 14.4. The molecule has 2 aromatic carbocycles. The molecule has 1 aliphatic heterocycles. The van der Waals surface area contributed by atoms with Gasteiger partial charge in [-0.25, -0.2) is 9.28 Å². The van der Waals surface area contributed by atoms with E-state index in [1.54, 1.807) is 39.8 Å². The minimum Gasteiger partial charge on any atom is -0.477 e. The van der Waals surface area contributed by atoms with Crippen molar-refractivity contribution in [2.75, 3.05) is 0 Å². The second kappa shape index (κ2) is 8.45. The predicted molar refractivity (Wildman–Crippen MR) is 126 cm³/mol. The number of aliphatic carboxylic acids is 1. The van der Waals surface area contributed by atoms with E-state index in [-0.39, 0.29) is 18.6 Å². The maximum atomic E-state index is 13.3. The zero-order valence-corrected chi connectivity index (χ0v) is 20.3. The molecule has 0 radical (unpaired) electrons. The maximum absolute atomic E-state index is 13.3. The number of carbonyl (C=O) groups excluding carboxylic acids is 1. The molecular weight excluding hydrogens is 474 g/mol. The van der Waals surface area contributed by atoms with Crippen molar-refractivity contribution in [2.45, 2.75) is 64.1 Å². The highest BCUT2D eigenvalue weighted by atomic mass is 79.9. The quantitative estimate of drug-likeness (QED) is 0.387. The molecular formula is C25H29BrNO5+. The van der Waals surface area contributed by atoms with Gasteiger partial charge in [-0.15, -0.1) is 0 Å². The van der Waals surface area contributed by atoms with Gasteiger partial charge in [0.15, 0.2) is 5.78 Å². The first-order valence-electron chi connectivity index (χ1n) is 10.6. The molecule has 1 unspecified atom stereocenters. The van der Waals surface area contributed by atoms with E-state index < -0.39 is 33.7 Å². The van der Waals surface area contributed by atoms with Gasteiger partial charge in [-0.1, -0.05) is 52.3 Å². The molecule has 1 saturated heterocycles. The third-order valence-corrected chi connectivity index (χ3v) is 7.44. The number of carboxylic acids is 1. The Labute approximate surface area is 196 Å². The van der Waals surface area contributed by atoms with Crippen LogP contribution in [0.25, 0.3) is 11.1 Å². The van der Waals surface area contributed by atoms with E-state index in [1.165, 1.54) is 0 Å². The van der Waals surface area contributed by atoms with Gasteiger partial charge >= 0.3 is 12.1 Å². The fourth-order valence-electron chi connectivity index (χ4n) is 5.61. The summed E-state index contributed by atoms with van der Waals surface area (Å²) in [4.78, 5) is 38.5. The molecule has 0 saturated carbocycles. The highest BCUT2D eigenvalue weighted by Gasteiger charge is 2.73. The SMILES string of the molecule is C[C@H]1CC[C@](CC(=O)c2ccc(-c3ccc(Br)cc3)cc2)(C(=O)O)[N+]1(C(=O)O)C(C)(C)C. The molecule has 0 spiro atoms. The molecule has 170 valence electrons. The second-order valence-electron chi connectivity index (χ2n) is 9.58. The number of carboxylic acid groups (broad SMARTS) is 2. The number of Topliss-reactive ketones (excluding diaryl/α,β-unsaturated/α-hetero) is 1. The van der Waals surface area contributed by atoms with Crippen molar-refractivity contribution in [1.82, 2.24) is 0 Å². The van der Waals surface area contributed by atoms with E-state index in [0.717, 1.165) is 15.6 Å². The lowest BCUT2D eigenvalue weighted by atomic mass is 9.82. The van der Waals surface area contributed by atoms with Gasteiger partial charge in [0.05, 0.1) is 12.5 Å². The van der Waals surface area contributed by atoms with Gasteiger partial charge in [0.2, 0.25) is 5.54 Å². The molecule has 2 N–H and O–H groups in total. The van der Waals surface area contributed by atoms with Gasteiger partial charge in [0.1, 0.15) is 5.54 Å². The Kier molecular flexibility index (Phi) is 6.37. The highest BCUT2D eigenvalue weighted by Crippen LogP contribution is 2.51. The molecule has 7 heteroatoms. The molecule has 3 rings (SSSR count). The average Bonchev–Trinajstić information content (AvgIpc) is 3.02. The monoisotopic (exact) mass is 502 g/mol. The molecule has 3 atom stereocenters. The van der Waals surface area contributed by atoms with Gasteiger partial charge in [-0.05, 0) is 51.0 Å². The van der Waals surface area contributed by atoms with Gasteiger partial charge in [-0.2, -0.15) is 4.79 Å². The zero-order chi connectivity index (χ0) is 23.9. The van der Waals surface area contributed by atoms with Crippen LogP contribution in [-0.4, -0.2) is 49.7 Å². The van der Waals surface area contributed by atoms with Crippen molar-refractivity contribution in [3.63, 3.8) is 0 Å². The van der Waals surface area contributed by atoms with Crippen molar-refractivity contribution in [1.29, 1.82) is 0 Å². The van der Waals surface area contributed by atoms with Crippen molar-refractivity contribution < 1.29 is 29.1 Å². The maximum Gasteiger partial charge on any atom is 0.515 e. The molecule has 1 fully saturated rings. The van der Waals surface area contributed by atoms with Crippen LogP contribution in [0.4, 0.5) is 4.79 Å². The van der Waals surface area contributed by atoms with Crippen LogP contribution in [0.2, 0.25) is 0 Å². The van der Waals surface area contributed by atoms with E-state index in [4.69, 9.17) is 0 Å². The number of quaternary nitrogens is 1. The van der Waals surface area contributed by atoms with Crippen LogP contribution in [-0.2, 0) is 4.79 Å². The molecule has 0 bridgehead atoms. The number of carbonyl (C=O) groups is 3. The molecule has 0 aromatic heterocycles. The Balaban J connectivity index is 1.99. The molecule has 1 aliphatic rings. The Morgan fingerprint density at radius 3 is 1.94 bits per heavy atom. The largest absolute Gasteiger partial charge is 0.515 e. The van der Waals surface area contributed by atoms with E-state index in [1.807, 2.05) is 36.4 Å². The Morgan fingerprint density at radius 1 is 1.00 bits per heavy atom. The van der Waals surface area contributed by atoms with Crippen molar-refractivity contribution in [3.05, 3.63) is 58.6 Å². The standard InChI is InChI=1S/C25H28BrNO5/c1-16-13-14-25(22(29)30,27(16,23(31)32)24(2,3)4)15-21(28)19-7-5-17(6-8-19)18-9-11-20(26)12-10-18/h5-12,16H,13-15H2,1-4H3,(H-,29,30,31,32)/p+1/t16-,25-,27?/m0/s1. The normalized spacial score (nSPS) is 25.5. The Hall–Kier alpha value is -2.51. The molecule has 32 heavy (non-hydrogen) atoms. The molecule has 0 aliphatic carbocycles. The topological polar surface area (TPSA) is 91.7 Å². The summed E-state index contributed by atoms with van der Waals surface area (Å²) < 4.78 is 0.301.